The van der Waals surface area contributed by atoms with Crippen molar-refractivity contribution < 1.29 is 33.6 Å². The van der Waals surface area contributed by atoms with E-state index in [-0.39, 0.29) is 50.7 Å². The van der Waals surface area contributed by atoms with Gasteiger partial charge in [0.15, 0.2) is 11.3 Å². The number of benzene rings is 2. The van der Waals surface area contributed by atoms with Crippen LogP contribution >= 0.6 is 0 Å². The lowest BCUT2D eigenvalue weighted by molar-refractivity contribution is 0.158. The van der Waals surface area contributed by atoms with Gasteiger partial charge in [-0.15, -0.1) is 0 Å². The Hall–Kier alpha value is -3.55. The van der Waals surface area contributed by atoms with Gasteiger partial charge < -0.3 is 33.6 Å². The summed E-state index contributed by atoms with van der Waals surface area (Å²) in [5, 5.41) is 21.3. The van der Waals surface area contributed by atoms with Gasteiger partial charge in [0.25, 0.3) is 0 Å². The molecule has 0 unspecified atom stereocenters. The Balaban J connectivity index is 2.22. The highest BCUT2D eigenvalue weighted by Gasteiger charge is 2.30. The van der Waals surface area contributed by atoms with Crippen LogP contribution in [0.15, 0.2) is 21.4 Å². The molecule has 1 aliphatic rings. The van der Waals surface area contributed by atoms with Gasteiger partial charge in [0.05, 0.1) is 26.9 Å². The molecule has 0 fully saturated rings. The van der Waals surface area contributed by atoms with Gasteiger partial charge in [0.2, 0.25) is 22.7 Å². The molecule has 0 atom stereocenters. The zero-order valence-electron chi connectivity index (χ0n) is 16.6. The van der Waals surface area contributed by atoms with Crippen molar-refractivity contribution in [2.24, 2.45) is 0 Å². The lowest BCUT2D eigenvalue weighted by Crippen LogP contribution is -2.27. The van der Waals surface area contributed by atoms with Crippen LogP contribution in [0, 0.1) is 0 Å². The molecule has 152 valence electrons. The molecule has 2 aromatic carbocycles. The summed E-state index contributed by atoms with van der Waals surface area (Å²) in [6.07, 6.45) is 3.49. The van der Waals surface area contributed by atoms with Crippen LogP contribution in [0.5, 0.6) is 34.5 Å². The summed E-state index contributed by atoms with van der Waals surface area (Å²) in [6, 6.07) is 1.53. The topological polar surface area (TPSA) is 108 Å². The van der Waals surface area contributed by atoms with Crippen molar-refractivity contribution in [2.75, 3.05) is 21.3 Å². The first-order chi connectivity index (χ1) is 13.7. The van der Waals surface area contributed by atoms with Gasteiger partial charge in [-0.2, -0.15) is 0 Å². The van der Waals surface area contributed by atoms with Crippen molar-refractivity contribution in [2.45, 2.75) is 19.4 Å². The Labute approximate surface area is 165 Å². The second kappa shape index (κ2) is 6.23. The third-order valence-corrected chi connectivity index (χ3v) is 4.87. The minimum Gasteiger partial charge on any atom is -0.506 e. The summed E-state index contributed by atoms with van der Waals surface area (Å²) in [6.45, 7) is 3.73. The fourth-order valence-corrected chi connectivity index (χ4v) is 3.54. The van der Waals surface area contributed by atoms with Gasteiger partial charge in [0, 0.05) is 6.07 Å². The monoisotopic (exact) mass is 400 g/mol. The Bertz CT molecular complexity index is 1250. The van der Waals surface area contributed by atoms with Crippen LogP contribution in [0.1, 0.15) is 19.4 Å². The van der Waals surface area contributed by atoms with Crippen LogP contribution < -0.4 is 24.4 Å². The maximum Gasteiger partial charge on any atom is 0.208 e. The summed E-state index contributed by atoms with van der Waals surface area (Å²) < 4.78 is 27.6. The summed E-state index contributed by atoms with van der Waals surface area (Å²) in [5.74, 6) is -0.464. The lowest BCUT2D eigenvalue weighted by atomic mass is 9.99. The van der Waals surface area contributed by atoms with Gasteiger partial charge in [0.1, 0.15) is 33.5 Å². The molecule has 4 rings (SSSR count). The average Bonchev–Trinajstić information content (AvgIpc) is 2.66. The summed E-state index contributed by atoms with van der Waals surface area (Å²) in [4.78, 5) is 13.4. The van der Waals surface area contributed by atoms with Crippen LogP contribution in [0.3, 0.4) is 0 Å². The molecule has 2 N–H and O–H groups in total. The van der Waals surface area contributed by atoms with E-state index in [1.165, 1.54) is 27.4 Å². The number of hydrogen-bond acceptors (Lipinski definition) is 8. The maximum absolute atomic E-state index is 13.4. The quantitative estimate of drug-likeness (QED) is 0.643. The van der Waals surface area contributed by atoms with Crippen molar-refractivity contribution in [3.8, 4) is 34.5 Å². The Kier molecular flexibility index (Phi) is 4.04. The number of ether oxygens (including phenoxy) is 4. The molecule has 0 amide bonds. The zero-order valence-corrected chi connectivity index (χ0v) is 16.6. The second-order valence-corrected chi connectivity index (χ2v) is 7.13. The number of phenols is 2. The van der Waals surface area contributed by atoms with Gasteiger partial charge in [-0.1, -0.05) is 0 Å². The molecule has 8 heteroatoms. The number of phenolic OH excluding ortho intramolecular Hbond substituents is 2. The minimum absolute atomic E-state index is 0.0252. The van der Waals surface area contributed by atoms with Gasteiger partial charge in [-0.25, -0.2) is 0 Å². The van der Waals surface area contributed by atoms with Gasteiger partial charge >= 0.3 is 0 Å². The fourth-order valence-electron chi connectivity index (χ4n) is 3.54. The molecular weight excluding hydrogens is 380 g/mol. The fraction of sp³-hybridized carbons (Fsp3) is 0.286. The highest BCUT2D eigenvalue weighted by Crippen LogP contribution is 2.51. The van der Waals surface area contributed by atoms with E-state index in [0.29, 0.717) is 11.3 Å². The molecular formula is C21H20O8. The van der Waals surface area contributed by atoms with E-state index in [1.54, 1.807) is 12.2 Å². The van der Waals surface area contributed by atoms with E-state index >= 15 is 0 Å². The van der Waals surface area contributed by atoms with E-state index in [1.807, 2.05) is 13.8 Å². The molecule has 0 aliphatic carbocycles. The molecule has 0 saturated carbocycles. The predicted molar refractivity (Wildman–Crippen MR) is 107 cm³/mol. The zero-order chi connectivity index (χ0) is 21.1. The Morgan fingerprint density at radius 3 is 2.21 bits per heavy atom. The number of rotatable bonds is 3. The van der Waals surface area contributed by atoms with Crippen LogP contribution in [0.2, 0.25) is 0 Å². The van der Waals surface area contributed by atoms with Crippen LogP contribution in [-0.2, 0) is 0 Å². The highest BCUT2D eigenvalue weighted by atomic mass is 16.5. The number of aromatic hydroxyl groups is 2. The van der Waals surface area contributed by atoms with Crippen LogP contribution in [0.4, 0.5) is 0 Å². The molecule has 1 aromatic heterocycles. The van der Waals surface area contributed by atoms with Crippen LogP contribution in [0.25, 0.3) is 28.0 Å². The van der Waals surface area contributed by atoms with E-state index in [9.17, 15) is 15.0 Å². The minimum atomic E-state index is -0.587. The summed E-state index contributed by atoms with van der Waals surface area (Å²) in [7, 11) is 3.98. The average molecular weight is 400 g/mol. The molecule has 29 heavy (non-hydrogen) atoms. The standard InChI is InChI=1S/C21H20O8/c1-21(2)7-6-9-10(29-21)8-11-12(14(9)22)15(23)13-17(25-3)19(26-4)16(24)20(27-5)18(13)28-11/h6-8,22,24H,1-5H3. The molecule has 0 saturated heterocycles. The number of fused-ring (bicyclic) bond motifs is 3. The first-order valence-corrected chi connectivity index (χ1v) is 8.79. The maximum atomic E-state index is 13.4. The second-order valence-electron chi connectivity index (χ2n) is 7.13. The normalized spacial score (nSPS) is 14.5. The van der Waals surface area contributed by atoms with Crippen molar-refractivity contribution in [3.05, 3.63) is 27.9 Å². The van der Waals surface area contributed by atoms with E-state index in [2.05, 4.69) is 0 Å². The lowest BCUT2D eigenvalue weighted by Gasteiger charge is -2.28. The van der Waals surface area contributed by atoms with E-state index < -0.39 is 11.0 Å². The van der Waals surface area contributed by atoms with Gasteiger partial charge in [-0.05, 0) is 26.0 Å². The van der Waals surface area contributed by atoms with Crippen molar-refractivity contribution in [3.63, 3.8) is 0 Å². The third-order valence-electron chi connectivity index (χ3n) is 4.87. The Morgan fingerprint density at radius 2 is 1.59 bits per heavy atom. The highest BCUT2D eigenvalue weighted by molar-refractivity contribution is 6.03. The van der Waals surface area contributed by atoms with Crippen molar-refractivity contribution >= 4 is 28.0 Å². The molecule has 0 spiro atoms. The van der Waals surface area contributed by atoms with Crippen LogP contribution in [-0.4, -0.2) is 37.1 Å². The van der Waals surface area contributed by atoms with Gasteiger partial charge in [-0.3, -0.25) is 4.79 Å². The Morgan fingerprint density at radius 1 is 0.931 bits per heavy atom. The van der Waals surface area contributed by atoms with Crippen molar-refractivity contribution in [1.82, 2.24) is 0 Å². The molecule has 1 aliphatic heterocycles. The van der Waals surface area contributed by atoms with Crippen molar-refractivity contribution in [1.29, 1.82) is 0 Å². The molecule has 2 heterocycles. The molecule has 8 nitrogen and oxygen atoms in total. The molecule has 0 radical (unpaired) electrons. The third kappa shape index (κ3) is 2.55. The smallest absolute Gasteiger partial charge is 0.208 e. The number of methoxy groups -OCH3 is 3. The summed E-state index contributed by atoms with van der Waals surface area (Å²) in [5.41, 5.74) is -0.732. The SMILES string of the molecule is COc1c(O)c(OC)c2oc3cc4c(c(O)c3c(=O)c2c1OC)C=CC(C)(C)O4. The summed E-state index contributed by atoms with van der Waals surface area (Å²) >= 11 is 0. The van der Waals surface area contributed by atoms with E-state index in [0.717, 1.165) is 0 Å². The first kappa shape index (κ1) is 18.8. The number of hydrogen-bond donors (Lipinski definition) is 2. The predicted octanol–water partition coefficient (Wildman–Crippen LogP) is 3.57. The first-order valence-electron chi connectivity index (χ1n) is 8.79. The molecule has 3 aromatic rings. The largest absolute Gasteiger partial charge is 0.506 e. The van der Waals surface area contributed by atoms with E-state index in [4.69, 9.17) is 23.4 Å². The molecule has 0 bridgehead atoms.